The molecule has 27 heavy (non-hydrogen) atoms. The van der Waals surface area contributed by atoms with Gasteiger partial charge in [-0.1, -0.05) is 0 Å². The van der Waals surface area contributed by atoms with Gasteiger partial charge in [0.25, 0.3) is 5.69 Å². The van der Waals surface area contributed by atoms with Gasteiger partial charge in [0, 0.05) is 61.4 Å². The molecule has 1 aliphatic rings. The molecule has 1 aliphatic heterocycles. The zero-order valence-corrected chi connectivity index (χ0v) is 15.0. The van der Waals surface area contributed by atoms with Gasteiger partial charge in [-0.05, 0) is 36.4 Å². The third-order valence-electron chi connectivity index (χ3n) is 5.03. The molecule has 7 heteroatoms. The van der Waals surface area contributed by atoms with Crippen LogP contribution in [-0.2, 0) is 0 Å². The molecular formula is C20H20N4O3. The van der Waals surface area contributed by atoms with Crippen molar-refractivity contribution in [3.8, 4) is 5.75 Å². The highest BCUT2D eigenvalue weighted by molar-refractivity contribution is 5.99. The van der Waals surface area contributed by atoms with Gasteiger partial charge in [-0.15, -0.1) is 0 Å². The quantitative estimate of drug-likeness (QED) is 0.521. The van der Waals surface area contributed by atoms with E-state index in [0.29, 0.717) is 5.39 Å². The average molecular weight is 364 g/mol. The smallest absolute Gasteiger partial charge is 0.278 e. The van der Waals surface area contributed by atoms with Crippen molar-refractivity contribution in [3.63, 3.8) is 0 Å². The number of rotatable bonds is 4. The third kappa shape index (κ3) is 3.23. The highest BCUT2D eigenvalue weighted by Gasteiger charge is 2.22. The molecular weight excluding hydrogens is 344 g/mol. The highest BCUT2D eigenvalue weighted by Crippen LogP contribution is 2.33. The Hall–Kier alpha value is -3.35. The number of hydrogen-bond donors (Lipinski definition) is 0. The normalized spacial score (nSPS) is 14.4. The number of anilines is 2. The van der Waals surface area contributed by atoms with E-state index in [0.717, 1.165) is 43.0 Å². The number of nitro benzene ring substituents is 1. The topological polar surface area (TPSA) is 71.7 Å². The minimum absolute atomic E-state index is 0.0960. The van der Waals surface area contributed by atoms with Crippen LogP contribution in [0.1, 0.15) is 0 Å². The second kappa shape index (κ2) is 7.11. The van der Waals surface area contributed by atoms with Crippen LogP contribution in [0.2, 0.25) is 0 Å². The maximum atomic E-state index is 11.3. The molecule has 4 rings (SSSR count). The van der Waals surface area contributed by atoms with Crippen LogP contribution in [0, 0.1) is 10.1 Å². The first-order valence-corrected chi connectivity index (χ1v) is 8.82. The SMILES string of the molecule is COc1ccc(N2CCN(c3ccc([N+](=O)[O-])c4cnccc34)CC2)cc1. The Morgan fingerprint density at radius 1 is 0.963 bits per heavy atom. The summed E-state index contributed by atoms with van der Waals surface area (Å²) in [7, 11) is 1.66. The number of aromatic nitrogens is 1. The standard InChI is InChI=1S/C20H20N4O3/c1-27-16-4-2-15(3-5-16)22-10-12-23(13-11-22)19-6-7-20(24(25)26)18-14-21-9-8-17(18)19/h2-9,14H,10-13H2,1H3. The molecule has 0 spiro atoms. The average Bonchev–Trinajstić information content (AvgIpc) is 2.73. The summed E-state index contributed by atoms with van der Waals surface area (Å²) < 4.78 is 5.22. The molecule has 3 aromatic rings. The number of ether oxygens (including phenoxy) is 1. The van der Waals surface area contributed by atoms with Crippen molar-refractivity contribution in [2.24, 2.45) is 0 Å². The Kier molecular flexibility index (Phi) is 4.50. The van der Waals surface area contributed by atoms with Crippen molar-refractivity contribution in [3.05, 3.63) is 65.0 Å². The lowest BCUT2D eigenvalue weighted by atomic mass is 10.1. The summed E-state index contributed by atoms with van der Waals surface area (Å²) in [6.07, 6.45) is 3.26. The minimum atomic E-state index is -0.352. The van der Waals surface area contributed by atoms with Crippen LogP contribution < -0.4 is 14.5 Å². The number of fused-ring (bicyclic) bond motifs is 1. The van der Waals surface area contributed by atoms with Crippen molar-refractivity contribution in [2.45, 2.75) is 0 Å². The number of pyridine rings is 1. The lowest BCUT2D eigenvalue weighted by molar-refractivity contribution is -0.383. The van der Waals surface area contributed by atoms with Gasteiger partial charge >= 0.3 is 0 Å². The molecule has 1 fully saturated rings. The van der Waals surface area contributed by atoms with Crippen molar-refractivity contribution in [2.75, 3.05) is 43.1 Å². The summed E-state index contributed by atoms with van der Waals surface area (Å²) in [5.41, 5.74) is 2.29. The van der Waals surface area contributed by atoms with Crippen LogP contribution >= 0.6 is 0 Å². The first-order valence-electron chi connectivity index (χ1n) is 8.82. The second-order valence-electron chi connectivity index (χ2n) is 6.45. The number of nitrogens with zero attached hydrogens (tertiary/aromatic N) is 4. The second-order valence-corrected chi connectivity index (χ2v) is 6.45. The predicted molar refractivity (Wildman–Crippen MR) is 106 cm³/mol. The summed E-state index contributed by atoms with van der Waals surface area (Å²) in [6, 6.07) is 13.4. The lowest BCUT2D eigenvalue weighted by Crippen LogP contribution is -2.46. The van der Waals surface area contributed by atoms with Crippen LogP contribution in [0.15, 0.2) is 54.9 Å². The van der Waals surface area contributed by atoms with E-state index in [1.54, 1.807) is 25.6 Å². The Balaban J connectivity index is 1.56. The van der Waals surface area contributed by atoms with Gasteiger partial charge in [0.2, 0.25) is 0 Å². The molecule has 2 aromatic carbocycles. The van der Waals surface area contributed by atoms with Crippen LogP contribution in [0.25, 0.3) is 10.8 Å². The number of non-ortho nitro benzene ring substituents is 1. The largest absolute Gasteiger partial charge is 0.497 e. The summed E-state index contributed by atoms with van der Waals surface area (Å²) >= 11 is 0. The Bertz CT molecular complexity index is 967. The Morgan fingerprint density at radius 2 is 1.67 bits per heavy atom. The van der Waals surface area contributed by atoms with E-state index in [-0.39, 0.29) is 10.6 Å². The molecule has 0 aliphatic carbocycles. The highest BCUT2D eigenvalue weighted by atomic mass is 16.6. The molecule has 0 atom stereocenters. The van der Waals surface area contributed by atoms with E-state index in [1.165, 1.54) is 5.69 Å². The molecule has 0 N–H and O–H groups in total. The molecule has 7 nitrogen and oxygen atoms in total. The van der Waals surface area contributed by atoms with E-state index in [4.69, 9.17) is 4.74 Å². The van der Waals surface area contributed by atoms with E-state index < -0.39 is 0 Å². The van der Waals surface area contributed by atoms with Crippen LogP contribution in [0.3, 0.4) is 0 Å². The van der Waals surface area contributed by atoms with Crippen LogP contribution in [0.5, 0.6) is 5.75 Å². The molecule has 0 amide bonds. The number of nitro groups is 1. The van der Waals surface area contributed by atoms with Gasteiger partial charge in [0.1, 0.15) is 5.75 Å². The van der Waals surface area contributed by atoms with Crippen molar-refractivity contribution in [1.29, 1.82) is 0 Å². The van der Waals surface area contributed by atoms with Gasteiger partial charge in [-0.3, -0.25) is 15.1 Å². The third-order valence-corrected chi connectivity index (χ3v) is 5.03. The molecule has 0 radical (unpaired) electrons. The van der Waals surface area contributed by atoms with E-state index in [2.05, 4.69) is 26.9 Å². The fourth-order valence-electron chi connectivity index (χ4n) is 3.59. The van der Waals surface area contributed by atoms with Gasteiger partial charge in [0.05, 0.1) is 17.4 Å². The summed E-state index contributed by atoms with van der Waals surface area (Å²) in [5, 5.41) is 12.8. The first-order chi connectivity index (χ1) is 13.2. The molecule has 2 heterocycles. The van der Waals surface area contributed by atoms with Crippen molar-refractivity contribution >= 4 is 27.8 Å². The summed E-state index contributed by atoms with van der Waals surface area (Å²) in [6.45, 7) is 3.47. The van der Waals surface area contributed by atoms with Gasteiger partial charge in [-0.25, -0.2) is 0 Å². The van der Waals surface area contributed by atoms with Gasteiger partial charge in [-0.2, -0.15) is 0 Å². The Labute approximate surface area is 156 Å². The van der Waals surface area contributed by atoms with E-state index in [9.17, 15) is 10.1 Å². The predicted octanol–water partition coefficient (Wildman–Crippen LogP) is 3.48. The zero-order valence-electron chi connectivity index (χ0n) is 15.0. The van der Waals surface area contributed by atoms with Crippen LogP contribution in [0.4, 0.5) is 17.1 Å². The molecule has 0 unspecified atom stereocenters. The van der Waals surface area contributed by atoms with Crippen molar-refractivity contribution < 1.29 is 9.66 Å². The number of benzene rings is 2. The number of piperazine rings is 1. The summed E-state index contributed by atoms with van der Waals surface area (Å²) in [5.74, 6) is 0.850. The molecule has 138 valence electrons. The fourth-order valence-corrected chi connectivity index (χ4v) is 3.59. The van der Waals surface area contributed by atoms with E-state index >= 15 is 0 Å². The van der Waals surface area contributed by atoms with Gasteiger partial charge < -0.3 is 14.5 Å². The Morgan fingerprint density at radius 3 is 2.33 bits per heavy atom. The minimum Gasteiger partial charge on any atom is -0.497 e. The molecule has 1 aromatic heterocycles. The van der Waals surface area contributed by atoms with Crippen LogP contribution in [-0.4, -0.2) is 43.2 Å². The number of hydrogen-bond acceptors (Lipinski definition) is 6. The number of methoxy groups -OCH3 is 1. The van der Waals surface area contributed by atoms with Gasteiger partial charge in [0.15, 0.2) is 0 Å². The molecule has 0 saturated carbocycles. The monoisotopic (exact) mass is 364 g/mol. The zero-order chi connectivity index (χ0) is 18.8. The maximum absolute atomic E-state index is 11.3. The molecule has 0 bridgehead atoms. The first kappa shape index (κ1) is 17.1. The molecule has 1 saturated heterocycles. The lowest BCUT2D eigenvalue weighted by Gasteiger charge is -2.37. The van der Waals surface area contributed by atoms with Crippen molar-refractivity contribution in [1.82, 2.24) is 4.98 Å². The fraction of sp³-hybridized carbons (Fsp3) is 0.250. The maximum Gasteiger partial charge on any atom is 0.278 e. The van der Waals surface area contributed by atoms with E-state index in [1.807, 2.05) is 24.3 Å². The summed E-state index contributed by atoms with van der Waals surface area (Å²) in [4.78, 5) is 19.6.